The van der Waals surface area contributed by atoms with Crippen molar-refractivity contribution in [3.05, 3.63) is 42.0 Å². The molecule has 154 valence electrons. The summed E-state index contributed by atoms with van der Waals surface area (Å²) in [6.07, 6.45) is 2.16. The van der Waals surface area contributed by atoms with Crippen molar-refractivity contribution in [1.82, 2.24) is 0 Å². The molecule has 0 radical (unpaired) electrons. The summed E-state index contributed by atoms with van der Waals surface area (Å²) in [4.78, 5) is 13.7. The Morgan fingerprint density at radius 1 is 1.24 bits per heavy atom. The highest BCUT2D eigenvalue weighted by Gasteiger charge is 2.25. The summed E-state index contributed by atoms with van der Waals surface area (Å²) in [6.45, 7) is 4.90. The Hall–Kier alpha value is -2.74. The van der Waals surface area contributed by atoms with Crippen molar-refractivity contribution < 1.29 is 22.7 Å². The number of amides is 1. The highest BCUT2D eigenvalue weighted by molar-refractivity contribution is 7.92. The lowest BCUT2D eigenvalue weighted by atomic mass is 10.1. The van der Waals surface area contributed by atoms with Gasteiger partial charge in [-0.15, -0.1) is 0 Å². The number of ether oxygens (including phenoxy) is 2. The third-order valence-electron chi connectivity index (χ3n) is 5.07. The third kappa shape index (κ3) is 3.89. The number of sulfonamides is 1. The van der Waals surface area contributed by atoms with Crippen molar-refractivity contribution in [2.24, 2.45) is 0 Å². The van der Waals surface area contributed by atoms with Crippen LogP contribution in [0.1, 0.15) is 32.3 Å². The fourth-order valence-electron chi connectivity index (χ4n) is 3.72. The predicted molar refractivity (Wildman–Crippen MR) is 110 cm³/mol. The Morgan fingerprint density at radius 2 is 2.00 bits per heavy atom. The molecule has 8 heteroatoms. The molecule has 1 amide bonds. The Labute approximate surface area is 170 Å². The van der Waals surface area contributed by atoms with Crippen molar-refractivity contribution in [1.29, 1.82) is 0 Å². The van der Waals surface area contributed by atoms with E-state index in [1.807, 2.05) is 19.9 Å². The van der Waals surface area contributed by atoms with Crippen LogP contribution in [0.15, 0.2) is 41.3 Å². The molecule has 0 spiro atoms. The quantitative estimate of drug-likeness (QED) is 0.781. The topological polar surface area (TPSA) is 84.9 Å². The number of rotatable bonds is 6. The van der Waals surface area contributed by atoms with Gasteiger partial charge in [0.25, 0.3) is 10.0 Å². The molecular weight excluding hydrogens is 392 g/mol. The standard InChI is InChI=1S/C21H24N2O5S/c1-3-27-20-12-15-11-14(2)28-19(15)13-18(20)22-29(25,26)17-8-6-16(7-9-17)23-10-4-5-21(23)24/h6-9,12-14,22H,3-5,10-11H2,1-2H3. The minimum absolute atomic E-state index is 0.0483. The maximum absolute atomic E-state index is 12.9. The van der Waals surface area contributed by atoms with E-state index >= 15 is 0 Å². The first-order valence-corrected chi connectivity index (χ1v) is 11.3. The second-order valence-corrected chi connectivity index (χ2v) is 8.95. The third-order valence-corrected chi connectivity index (χ3v) is 6.46. The fourth-order valence-corrected chi connectivity index (χ4v) is 4.79. The first-order chi connectivity index (χ1) is 13.9. The first-order valence-electron chi connectivity index (χ1n) is 9.77. The molecule has 2 aromatic carbocycles. The van der Waals surface area contributed by atoms with Gasteiger partial charge in [0.15, 0.2) is 0 Å². The van der Waals surface area contributed by atoms with E-state index in [0.717, 1.165) is 18.4 Å². The zero-order valence-electron chi connectivity index (χ0n) is 16.5. The number of hydrogen-bond donors (Lipinski definition) is 1. The van der Waals surface area contributed by atoms with Gasteiger partial charge in [-0.05, 0) is 50.6 Å². The van der Waals surface area contributed by atoms with E-state index in [2.05, 4.69) is 4.72 Å². The average Bonchev–Trinajstić information content (AvgIpc) is 3.26. The highest BCUT2D eigenvalue weighted by atomic mass is 32.2. The minimum Gasteiger partial charge on any atom is -0.492 e. The number of fused-ring (bicyclic) bond motifs is 1. The van der Waals surface area contributed by atoms with Gasteiger partial charge >= 0.3 is 0 Å². The molecule has 2 aliphatic rings. The van der Waals surface area contributed by atoms with E-state index in [1.165, 1.54) is 12.1 Å². The molecule has 1 fully saturated rings. The fraction of sp³-hybridized carbons (Fsp3) is 0.381. The Kier molecular flexibility index (Phi) is 5.12. The SMILES string of the molecule is CCOc1cc2c(cc1NS(=O)(=O)c1ccc(N3CCCC3=O)cc1)OC(C)C2. The Morgan fingerprint density at radius 3 is 2.66 bits per heavy atom. The lowest BCUT2D eigenvalue weighted by Gasteiger charge is -2.17. The molecule has 29 heavy (non-hydrogen) atoms. The highest BCUT2D eigenvalue weighted by Crippen LogP contribution is 2.39. The molecule has 4 rings (SSSR count). The minimum atomic E-state index is -3.83. The molecule has 0 saturated carbocycles. The van der Waals surface area contributed by atoms with Gasteiger partial charge in [-0.2, -0.15) is 0 Å². The van der Waals surface area contributed by atoms with Gasteiger partial charge in [0.1, 0.15) is 17.6 Å². The molecule has 1 N–H and O–H groups in total. The van der Waals surface area contributed by atoms with E-state index in [1.54, 1.807) is 23.1 Å². The van der Waals surface area contributed by atoms with Gasteiger partial charge < -0.3 is 14.4 Å². The van der Waals surface area contributed by atoms with Crippen LogP contribution in [0.5, 0.6) is 11.5 Å². The summed E-state index contributed by atoms with van der Waals surface area (Å²) in [5.41, 5.74) is 2.06. The molecule has 0 aromatic heterocycles. The zero-order valence-corrected chi connectivity index (χ0v) is 17.3. The Bertz CT molecular complexity index is 1030. The number of hydrogen-bond acceptors (Lipinski definition) is 5. The van der Waals surface area contributed by atoms with Crippen LogP contribution in [-0.4, -0.2) is 33.6 Å². The van der Waals surface area contributed by atoms with Crippen LogP contribution in [0.2, 0.25) is 0 Å². The maximum Gasteiger partial charge on any atom is 0.262 e. The van der Waals surface area contributed by atoms with Crippen LogP contribution in [0.25, 0.3) is 0 Å². The number of benzene rings is 2. The summed E-state index contributed by atoms with van der Waals surface area (Å²) in [5.74, 6) is 1.21. The van der Waals surface area contributed by atoms with Gasteiger partial charge in [0.2, 0.25) is 5.91 Å². The summed E-state index contributed by atoms with van der Waals surface area (Å²) in [7, 11) is -3.83. The van der Waals surface area contributed by atoms with Crippen LogP contribution in [0.4, 0.5) is 11.4 Å². The molecule has 0 aliphatic carbocycles. The second kappa shape index (κ2) is 7.59. The van der Waals surface area contributed by atoms with Crippen molar-refractivity contribution in [3.63, 3.8) is 0 Å². The summed E-state index contributed by atoms with van der Waals surface area (Å²) >= 11 is 0. The van der Waals surface area contributed by atoms with E-state index in [4.69, 9.17) is 9.47 Å². The monoisotopic (exact) mass is 416 g/mol. The van der Waals surface area contributed by atoms with Crippen LogP contribution < -0.4 is 19.1 Å². The molecule has 1 atom stereocenters. The van der Waals surface area contributed by atoms with Crippen molar-refractivity contribution in [3.8, 4) is 11.5 Å². The van der Waals surface area contributed by atoms with Crippen molar-refractivity contribution in [2.75, 3.05) is 22.8 Å². The van der Waals surface area contributed by atoms with Gasteiger partial charge in [-0.1, -0.05) is 0 Å². The van der Waals surface area contributed by atoms with Crippen molar-refractivity contribution in [2.45, 2.75) is 44.1 Å². The largest absolute Gasteiger partial charge is 0.492 e. The molecule has 2 aromatic rings. The molecule has 1 saturated heterocycles. The summed E-state index contributed by atoms with van der Waals surface area (Å²) in [5, 5.41) is 0. The second-order valence-electron chi connectivity index (χ2n) is 7.27. The van der Waals surface area contributed by atoms with Gasteiger partial charge in [0.05, 0.1) is 17.2 Å². The number of nitrogens with zero attached hydrogens (tertiary/aromatic N) is 1. The molecule has 2 aliphatic heterocycles. The van der Waals surface area contributed by atoms with E-state index < -0.39 is 10.0 Å². The van der Waals surface area contributed by atoms with Crippen molar-refractivity contribution >= 4 is 27.3 Å². The lowest BCUT2D eigenvalue weighted by Crippen LogP contribution is -2.23. The van der Waals surface area contributed by atoms with Gasteiger partial charge in [0, 0.05) is 36.7 Å². The lowest BCUT2D eigenvalue weighted by molar-refractivity contribution is -0.117. The van der Waals surface area contributed by atoms with Crippen LogP contribution in [0, 0.1) is 0 Å². The summed E-state index contributed by atoms with van der Waals surface area (Å²) in [6, 6.07) is 9.86. The molecular formula is C21H24N2O5S. The van der Waals surface area contributed by atoms with Gasteiger partial charge in [-0.25, -0.2) is 8.42 Å². The normalized spacial score (nSPS) is 18.5. The van der Waals surface area contributed by atoms with Crippen LogP contribution in [0.3, 0.4) is 0 Å². The first kappa shape index (κ1) is 19.6. The Balaban J connectivity index is 1.60. The van der Waals surface area contributed by atoms with E-state index in [9.17, 15) is 13.2 Å². The smallest absolute Gasteiger partial charge is 0.262 e. The number of carbonyl (C=O) groups excluding carboxylic acids is 1. The molecule has 2 heterocycles. The molecule has 1 unspecified atom stereocenters. The number of anilines is 2. The van der Waals surface area contributed by atoms with E-state index in [0.29, 0.717) is 42.4 Å². The predicted octanol–water partition coefficient (Wildman–Crippen LogP) is 3.34. The number of nitrogens with one attached hydrogen (secondary N) is 1. The average molecular weight is 416 g/mol. The summed E-state index contributed by atoms with van der Waals surface area (Å²) < 4.78 is 39.9. The van der Waals surface area contributed by atoms with Crippen LogP contribution >= 0.6 is 0 Å². The van der Waals surface area contributed by atoms with E-state index in [-0.39, 0.29) is 16.9 Å². The van der Waals surface area contributed by atoms with Crippen LogP contribution in [-0.2, 0) is 21.2 Å². The zero-order chi connectivity index (χ0) is 20.6. The van der Waals surface area contributed by atoms with Gasteiger partial charge in [-0.3, -0.25) is 9.52 Å². The number of carbonyl (C=O) groups is 1. The molecule has 0 bridgehead atoms. The maximum atomic E-state index is 12.9. The molecule has 7 nitrogen and oxygen atoms in total.